The predicted octanol–water partition coefficient (Wildman–Crippen LogP) is 2.88. The molecule has 0 heterocycles. The van der Waals surface area contributed by atoms with E-state index in [4.69, 9.17) is 4.78 Å². The van der Waals surface area contributed by atoms with Crippen LogP contribution in [-0.4, -0.2) is 15.2 Å². The second-order valence-electron chi connectivity index (χ2n) is 4.45. The molecule has 0 radical (unpaired) electrons. The average Bonchev–Trinajstić information content (AvgIpc) is 2.09. The quantitative estimate of drug-likeness (QED) is 0.736. The lowest BCUT2D eigenvalue weighted by Gasteiger charge is -2.33. The van der Waals surface area contributed by atoms with Gasteiger partial charge in [0.2, 0.25) is 0 Å². The van der Waals surface area contributed by atoms with Crippen LogP contribution in [0.25, 0.3) is 0 Å². The van der Waals surface area contributed by atoms with Gasteiger partial charge in [0.25, 0.3) is 0 Å². The van der Waals surface area contributed by atoms with Crippen molar-refractivity contribution in [3.8, 4) is 0 Å². The van der Waals surface area contributed by atoms with Crippen molar-refractivity contribution in [2.75, 3.05) is 5.75 Å². The zero-order valence-corrected chi connectivity index (χ0v) is 9.69. The summed E-state index contributed by atoms with van der Waals surface area (Å²) >= 11 is 0. The largest absolute Gasteiger partial charge is 0.253 e. The van der Waals surface area contributed by atoms with Crippen LogP contribution in [0, 0.1) is 16.6 Å². The Labute approximate surface area is 82.1 Å². The molecule has 4 atom stereocenters. The van der Waals surface area contributed by atoms with E-state index in [0.717, 1.165) is 12.8 Å². The summed E-state index contributed by atoms with van der Waals surface area (Å²) in [6.07, 6.45) is 3.40. The minimum absolute atomic E-state index is 0.154. The van der Waals surface area contributed by atoms with E-state index >= 15 is 0 Å². The summed E-state index contributed by atoms with van der Waals surface area (Å²) in [6.45, 7) is 6.24. The van der Waals surface area contributed by atoms with Gasteiger partial charge in [-0.25, -0.2) is 4.21 Å². The fourth-order valence-electron chi connectivity index (χ4n) is 2.22. The SMILES string of the molecule is CCS(=N)(=O)C1CC(C)CCC1C. The first-order chi connectivity index (χ1) is 5.97. The van der Waals surface area contributed by atoms with Gasteiger partial charge in [-0.1, -0.05) is 27.2 Å². The van der Waals surface area contributed by atoms with Crippen LogP contribution in [0.2, 0.25) is 0 Å². The molecular weight excluding hydrogens is 182 g/mol. The first kappa shape index (κ1) is 11.0. The number of hydrogen-bond donors (Lipinski definition) is 1. The highest BCUT2D eigenvalue weighted by Gasteiger charge is 2.31. The molecule has 0 aromatic heterocycles. The minimum Gasteiger partial charge on any atom is -0.253 e. The van der Waals surface area contributed by atoms with Crippen molar-refractivity contribution >= 4 is 9.73 Å². The Kier molecular flexibility index (Phi) is 3.38. The van der Waals surface area contributed by atoms with Crippen LogP contribution in [-0.2, 0) is 9.73 Å². The fraction of sp³-hybridized carbons (Fsp3) is 1.00. The molecule has 0 aliphatic heterocycles. The van der Waals surface area contributed by atoms with Gasteiger partial charge in [0.1, 0.15) is 0 Å². The van der Waals surface area contributed by atoms with E-state index in [1.165, 1.54) is 6.42 Å². The lowest BCUT2D eigenvalue weighted by molar-refractivity contribution is 0.312. The molecule has 13 heavy (non-hydrogen) atoms. The molecule has 0 aromatic carbocycles. The van der Waals surface area contributed by atoms with E-state index < -0.39 is 9.73 Å². The number of hydrogen-bond acceptors (Lipinski definition) is 2. The first-order valence-corrected chi connectivity index (χ1v) is 7.01. The highest BCUT2D eigenvalue weighted by molar-refractivity contribution is 7.93. The number of nitrogens with one attached hydrogen (secondary N) is 1. The Hall–Kier alpha value is -0.0500. The molecule has 1 aliphatic rings. The maximum absolute atomic E-state index is 11.9. The van der Waals surface area contributed by atoms with Gasteiger partial charge in [-0.15, -0.1) is 0 Å². The van der Waals surface area contributed by atoms with Crippen LogP contribution in [0.3, 0.4) is 0 Å². The third kappa shape index (κ3) is 2.46. The van der Waals surface area contributed by atoms with Gasteiger partial charge in [-0.05, 0) is 24.7 Å². The second kappa shape index (κ2) is 3.99. The third-order valence-electron chi connectivity index (χ3n) is 3.30. The van der Waals surface area contributed by atoms with Gasteiger partial charge < -0.3 is 0 Å². The lowest BCUT2D eigenvalue weighted by Crippen LogP contribution is -2.34. The maximum Gasteiger partial charge on any atom is 0.0470 e. The molecule has 0 amide bonds. The fourth-order valence-corrected chi connectivity index (χ4v) is 4.18. The summed E-state index contributed by atoms with van der Waals surface area (Å²) < 4.78 is 19.8. The molecule has 4 unspecified atom stereocenters. The Bertz CT molecular complexity index is 258. The van der Waals surface area contributed by atoms with Crippen LogP contribution in [0.4, 0.5) is 0 Å². The van der Waals surface area contributed by atoms with E-state index in [2.05, 4.69) is 13.8 Å². The Morgan fingerprint density at radius 2 is 2.00 bits per heavy atom. The minimum atomic E-state index is -2.30. The van der Waals surface area contributed by atoms with Gasteiger partial charge in [-0.3, -0.25) is 4.78 Å². The molecule has 1 saturated carbocycles. The van der Waals surface area contributed by atoms with Crippen molar-refractivity contribution in [2.24, 2.45) is 11.8 Å². The van der Waals surface area contributed by atoms with E-state index in [1.807, 2.05) is 6.92 Å². The molecule has 0 saturated heterocycles. The van der Waals surface area contributed by atoms with Crippen molar-refractivity contribution < 1.29 is 4.21 Å². The molecule has 1 N–H and O–H groups in total. The molecular formula is C10H21NOS. The van der Waals surface area contributed by atoms with E-state index in [0.29, 0.717) is 17.6 Å². The summed E-state index contributed by atoms with van der Waals surface area (Å²) in [5, 5.41) is 0.154. The predicted molar refractivity (Wildman–Crippen MR) is 57.4 cm³/mol. The van der Waals surface area contributed by atoms with Crippen molar-refractivity contribution in [1.82, 2.24) is 0 Å². The Morgan fingerprint density at radius 1 is 1.38 bits per heavy atom. The highest BCUT2D eigenvalue weighted by atomic mass is 32.2. The molecule has 1 fully saturated rings. The second-order valence-corrected chi connectivity index (χ2v) is 7.08. The highest BCUT2D eigenvalue weighted by Crippen LogP contribution is 2.33. The molecule has 1 aliphatic carbocycles. The Balaban J connectivity index is 2.77. The van der Waals surface area contributed by atoms with Gasteiger partial charge in [0, 0.05) is 20.7 Å². The van der Waals surface area contributed by atoms with Crippen molar-refractivity contribution in [1.29, 1.82) is 4.78 Å². The molecule has 3 heteroatoms. The lowest BCUT2D eigenvalue weighted by atomic mass is 9.84. The standard InChI is InChI=1S/C10H21NOS/c1-4-13(11,12)10-7-8(2)5-6-9(10)3/h8-11H,4-7H2,1-3H3. The topological polar surface area (TPSA) is 40.9 Å². The monoisotopic (exact) mass is 203 g/mol. The summed E-state index contributed by atoms with van der Waals surface area (Å²) in [7, 11) is -2.30. The molecule has 78 valence electrons. The Morgan fingerprint density at radius 3 is 2.54 bits per heavy atom. The zero-order valence-electron chi connectivity index (χ0n) is 8.88. The molecule has 0 bridgehead atoms. The molecule has 0 aromatic rings. The molecule has 0 spiro atoms. The summed E-state index contributed by atoms with van der Waals surface area (Å²) in [5.41, 5.74) is 0. The van der Waals surface area contributed by atoms with Crippen LogP contribution >= 0.6 is 0 Å². The van der Waals surface area contributed by atoms with Crippen LogP contribution < -0.4 is 0 Å². The van der Waals surface area contributed by atoms with E-state index in [1.54, 1.807) is 0 Å². The van der Waals surface area contributed by atoms with Crippen LogP contribution in [0.1, 0.15) is 40.0 Å². The van der Waals surface area contributed by atoms with Gasteiger partial charge >= 0.3 is 0 Å². The van der Waals surface area contributed by atoms with Crippen molar-refractivity contribution in [3.05, 3.63) is 0 Å². The van der Waals surface area contributed by atoms with E-state index in [9.17, 15) is 4.21 Å². The molecule has 2 nitrogen and oxygen atoms in total. The van der Waals surface area contributed by atoms with Crippen LogP contribution in [0.15, 0.2) is 0 Å². The van der Waals surface area contributed by atoms with Crippen molar-refractivity contribution in [3.63, 3.8) is 0 Å². The van der Waals surface area contributed by atoms with Crippen molar-refractivity contribution in [2.45, 2.75) is 45.3 Å². The molecule has 1 rings (SSSR count). The number of rotatable bonds is 2. The third-order valence-corrected chi connectivity index (χ3v) is 5.79. The maximum atomic E-state index is 11.9. The van der Waals surface area contributed by atoms with E-state index in [-0.39, 0.29) is 5.25 Å². The van der Waals surface area contributed by atoms with Crippen LogP contribution in [0.5, 0.6) is 0 Å². The van der Waals surface area contributed by atoms with Gasteiger partial charge in [-0.2, -0.15) is 0 Å². The average molecular weight is 203 g/mol. The summed E-state index contributed by atoms with van der Waals surface area (Å²) in [4.78, 5) is 0. The smallest absolute Gasteiger partial charge is 0.0470 e. The van der Waals surface area contributed by atoms with Gasteiger partial charge in [0.15, 0.2) is 0 Å². The van der Waals surface area contributed by atoms with Gasteiger partial charge in [0.05, 0.1) is 0 Å². The summed E-state index contributed by atoms with van der Waals surface area (Å²) in [6, 6.07) is 0. The first-order valence-electron chi connectivity index (χ1n) is 5.22. The normalized spacial score (nSPS) is 39.8. The summed E-state index contributed by atoms with van der Waals surface area (Å²) in [5.74, 6) is 1.68. The zero-order chi connectivity index (χ0) is 10.1.